The molecule has 5 nitrogen and oxygen atoms in total. The fourth-order valence-electron chi connectivity index (χ4n) is 2.93. The van der Waals surface area contributed by atoms with E-state index in [1.807, 2.05) is 19.4 Å². The molecule has 20 heavy (non-hydrogen) atoms. The predicted molar refractivity (Wildman–Crippen MR) is 76.4 cm³/mol. The van der Waals surface area contributed by atoms with Crippen molar-refractivity contribution in [2.24, 2.45) is 13.0 Å². The SMILES string of the molecule is Cn1ccnc1[C@@H]1OCC[C@H]1CNCC1=CCCOC1. The van der Waals surface area contributed by atoms with Crippen LogP contribution in [-0.2, 0) is 16.5 Å². The highest BCUT2D eigenvalue weighted by Gasteiger charge is 2.31. The van der Waals surface area contributed by atoms with Crippen molar-refractivity contribution in [1.29, 1.82) is 0 Å². The Morgan fingerprint density at radius 2 is 2.40 bits per heavy atom. The van der Waals surface area contributed by atoms with E-state index in [1.54, 1.807) is 0 Å². The Labute approximate surface area is 120 Å². The first kappa shape index (κ1) is 13.8. The molecule has 1 N–H and O–H groups in total. The number of rotatable bonds is 5. The van der Waals surface area contributed by atoms with E-state index in [-0.39, 0.29) is 6.10 Å². The van der Waals surface area contributed by atoms with Crippen LogP contribution in [0.1, 0.15) is 24.8 Å². The van der Waals surface area contributed by atoms with Crippen molar-refractivity contribution >= 4 is 0 Å². The van der Waals surface area contributed by atoms with E-state index in [0.717, 1.165) is 51.6 Å². The van der Waals surface area contributed by atoms with Gasteiger partial charge in [0.1, 0.15) is 11.9 Å². The molecule has 0 aromatic carbocycles. The van der Waals surface area contributed by atoms with E-state index < -0.39 is 0 Å². The van der Waals surface area contributed by atoms with E-state index >= 15 is 0 Å². The first-order valence-corrected chi connectivity index (χ1v) is 7.40. The van der Waals surface area contributed by atoms with E-state index in [4.69, 9.17) is 9.47 Å². The third-order valence-electron chi connectivity index (χ3n) is 4.07. The van der Waals surface area contributed by atoms with Gasteiger partial charge in [0.25, 0.3) is 0 Å². The van der Waals surface area contributed by atoms with Gasteiger partial charge in [0.2, 0.25) is 0 Å². The normalized spacial score (nSPS) is 26.8. The summed E-state index contributed by atoms with van der Waals surface area (Å²) in [5.41, 5.74) is 1.36. The van der Waals surface area contributed by atoms with Gasteiger partial charge in [-0.2, -0.15) is 0 Å². The van der Waals surface area contributed by atoms with Crippen LogP contribution in [0.5, 0.6) is 0 Å². The highest BCUT2D eigenvalue weighted by Crippen LogP contribution is 2.32. The van der Waals surface area contributed by atoms with Gasteiger partial charge in [-0.25, -0.2) is 4.98 Å². The van der Waals surface area contributed by atoms with Crippen LogP contribution in [0.25, 0.3) is 0 Å². The zero-order chi connectivity index (χ0) is 13.8. The zero-order valence-electron chi connectivity index (χ0n) is 12.0. The number of imidazole rings is 1. The summed E-state index contributed by atoms with van der Waals surface area (Å²) in [5.74, 6) is 1.54. The zero-order valence-corrected chi connectivity index (χ0v) is 12.0. The maximum absolute atomic E-state index is 5.87. The third kappa shape index (κ3) is 3.11. The largest absolute Gasteiger partial charge is 0.377 e. The van der Waals surface area contributed by atoms with Crippen molar-refractivity contribution in [2.45, 2.75) is 18.9 Å². The molecule has 0 spiro atoms. The second-order valence-electron chi connectivity index (χ2n) is 5.57. The summed E-state index contributed by atoms with van der Waals surface area (Å²) < 4.78 is 13.4. The maximum atomic E-state index is 5.87. The van der Waals surface area contributed by atoms with E-state index in [1.165, 1.54) is 5.57 Å². The third-order valence-corrected chi connectivity index (χ3v) is 4.07. The van der Waals surface area contributed by atoms with Crippen molar-refractivity contribution in [1.82, 2.24) is 14.9 Å². The fourth-order valence-corrected chi connectivity index (χ4v) is 2.93. The van der Waals surface area contributed by atoms with Crippen LogP contribution >= 0.6 is 0 Å². The molecule has 1 aromatic heterocycles. The summed E-state index contributed by atoms with van der Waals surface area (Å²) in [7, 11) is 2.03. The lowest BCUT2D eigenvalue weighted by atomic mass is 10.0. The van der Waals surface area contributed by atoms with Gasteiger partial charge < -0.3 is 19.4 Å². The van der Waals surface area contributed by atoms with Crippen LogP contribution < -0.4 is 5.32 Å². The quantitative estimate of drug-likeness (QED) is 0.827. The second kappa shape index (κ2) is 6.52. The number of ether oxygens (including phenoxy) is 2. The summed E-state index contributed by atoms with van der Waals surface area (Å²) in [6.07, 6.45) is 8.37. The lowest BCUT2D eigenvalue weighted by molar-refractivity contribution is 0.0812. The molecule has 0 unspecified atom stereocenters. The first-order chi connectivity index (χ1) is 9.84. The highest BCUT2D eigenvalue weighted by molar-refractivity contribution is 5.07. The molecule has 3 heterocycles. The summed E-state index contributed by atoms with van der Waals surface area (Å²) in [6.45, 7) is 4.35. The number of aromatic nitrogens is 2. The average molecular weight is 277 g/mol. The summed E-state index contributed by atoms with van der Waals surface area (Å²) in [4.78, 5) is 4.42. The molecule has 0 radical (unpaired) electrons. The molecule has 0 saturated carbocycles. The van der Waals surface area contributed by atoms with Gasteiger partial charge in [0.05, 0.1) is 13.2 Å². The topological polar surface area (TPSA) is 48.3 Å². The molecule has 1 fully saturated rings. The molecule has 5 heteroatoms. The summed E-state index contributed by atoms with van der Waals surface area (Å²) in [6, 6.07) is 0. The number of nitrogens with zero attached hydrogens (tertiary/aromatic N) is 2. The maximum Gasteiger partial charge on any atom is 0.137 e. The monoisotopic (exact) mass is 277 g/mol. The molecule has 0 bridgehead atoms. The predicted octanol–water partition coefficient (Wildman–Crippen LogP) is 1.43. The molecule has 0 amide bonds. The van der Waals surface area contributed by atoms with Gasteiger partial charge >= 0.3 is 0 Å². The van der Waals surface area contributed by atoms with Crippen molar-refractivity contribution in [2.75, 3.05) is 32.9 Å². The number of hydrogen-bond donors (Lipinski definition) is 1. The lowest BCUT2D eigenvalue weighted by Crippen LogP contribution is -2.29. The number of aryl methyl sites for hydroxylation is 1. The van der Waals surface area contributed by atoms with Crippen LogP contribution in [0.2, 0.25) is 0 Å². The molecule has 0 aliphatic carbocycles. The molecule has 2 aliphatic heterocycles. The molecule has 2 atom stereocenters. The van der Waals surface area contributed by atoms with Gasteiger partial charge in [-0.1, -0.05) is 6.08 Å². The lowest BCUT2D eigenvalue weighted by Gasteiger charge is -2.20. The number of nitrogens with one attached hydrogen (secondary N) is 1. The Balaban J connectivity index is 1.51. The van der Waals surface area contributed by atoms with E-state index in [9.17, 15) is 0 Å². The van der Waals surface area contributed by atoms with Gasteiger partial charge in [-0.3, -0.25) is 0 Å². The van der Waals surface area contributed by atoms with Crippen molar-refractivity contribution in [3.05, 3.63) is 29.9 Å². The fraction of sp³-hybridized carbons (Fsp3) is 0.667. The minimum absolute atomic E-state index is 0.124. The molecule has 3 rings (SSSR count). The van der Waals surface area contributed by atoms with E-state index in [0.29, 0.717) is 5.92 Å². The summed E-state index contributed by atoms with van der Waals surface area (Å²) >= 11 is 0. The molecule has 2 aliphatic rings. The Bertz CT molecular complexity index is 469. The first-order valence-electron chi connectivity index (χ1n) is 7.40. The Morgan fingerprint density at radius 3 is 3.15 bits per heavy atom. The minimum atomic E-state index is 0.124. The van der Waals surface area contributed by atoms with Gasteiger partial charge in [0.15, 0.2) is 0 Å². The smallest absolute Gasteiger partial charge is 0.137 e. The van der Waals surface area contributed by atoms with Crippen LogP contribution in [0.3, 0.4) is 0 Å². The average Bonchev–Trinajstić information content (AvgIpc) is 3.08. The van der Waals surface area contributed by atoms with Crippen LogP contribution in [0.4, 0.5) is 0 Å². The van der Waals surface area contributed by atoms with Crippen LogP contribution in [0.15, 0.2) is 24.0 Å². The van der Waals surface area contributed by atoms with Crippen molar-refractivity contribution < 1.29 is 9.47 Å². The van der Waals surface area contributed by atoms with Gasteiger partial charge in [-0.15, -0.1) is 0 Å². The molecular formula is C15H23N3O2. The van der Waals surface area contributed by atoms with E-state index in [2.05, 4.69) is 20.9 Å². The molecule has 1 aromatic rings. The van der Waals surface area contributed by atoms with Gasteiger partial charge in [-0.05, 0) is 18.4 Å². The highest BCUT2D eigenvalue weighted by atomic mass is 16.5. The molecular weight excluding hydrogens is 254 g/mol. The van der Waals surface area contributed by atoms with Crippen LogP contribution in [0, 0.1) is 5.92 Å². The Kier molecular flexibility index (Phi) is 4.50. The standard InChI is InChI=1S/C15H23N3O2/c1-18-6-5-17-15(18)14-13(4-8-20-14)10-16-9-12-3-2-7-19-11-12/h3,5-6,13-14,16H,2,4,7-11H2,1H3/t13-,14+/m0/s1. The van der Waals surface area contributed by atoms with Crippen LogP contribution in [-0.4, -0.2) is 42.5 Å². The van der Waals surface area contributed by atoms with Crippen molar-refractivity contribution in [3.63, 3.8) is 0 Å². The second-order valence-corrected chi connectivity index (χ2v) is 5.57. The minimum Gasteiger partial charge on any atom is -0.377 e. The summed E-state index contributed by atoms with van der Waals surface area (Å²) in [5, 5.41) is 3.54. The molecule has 110 valence electrons. The number of hydrogen-bond acceptors (Lipinski definition) is 4. The molecule has 1 saturated heterocycles. The van der Waals surface area contributed by atoms with Gasteiger partial charge in [0, 0.05) is 45.1 Å². The Hall–Kier alpha value is -1.17. The van der Waals surface area contributed by atoms with Crippen molar-refractivity contribution in [3.8, 4) is 0 Å². The Morgan fingerprint density at radius 1 is 1.45 bits per heavy atom.